The van der Waals surface area contributed by atoms with Gasteiger partial charge in [-0.25, -0.2) is 18.4 Å². The molecule has 31 heavy (non-hydrogen) atoms. The van der Waals surface area contributed by atoms with Crippen LogP contribution in [0.5, 0.6) is 11.5 Å². The number of aromatic carboxylic acids is 1. The van der Waals surface area contributed by atoms with Gasteiger partial charge in [0.25, 0.3) is 0 Å². The molecule has 0 aliphatic rings. The molecule has 1 heterocycles. The Bertz CT molecular complexity index is 1200. The Morgan fingerprint density at radius 2 is 1.87 bits per heavy atom. The number of hydrogen-bond acceptors (Lipinski definition) is 7. The number of halogens is 2. The number of carbonyl (C=O) groups excluding carboxylic acids is 1. The number of carbonyl (C=O) groups is 2. The van der Waals surface area contributed by atoms with Crippen molar-refractivity contribution in [2.45, 2.75) is 6.61 Å². The molecule has 2 aromatic carbocycles. The zero-order chi connectivity index (χ0) is 22.7. The second-order valence-electron chi connectivity index (χ2n) is 6.20. The first kappa shape index (κ1) is 22.6. The van der Waals surface area contributed by atoms with Crippen molar-refractivity contribution in [1.29, 1.82) is 0 Å². The SMILES string of the molecule is COc1ccc(F)c(/C=C(\S)C(=O)OCc2cc(F)c3cc(C(=O)O)sc3c2OC)c1. The second-order valence-corrected chi connectivity index (χ2v) is 7.74. The van der Waals surface area contributed by atoms with Crippen LogP contribution in [-0.2, 0) is 16.1 Å². The van der Waals surface area contributed by atoms with E-state index in [1.807, 2.05) is 0 Å². The number of carboxylic acid groups (broad SMARTS) is 1. The van der Waals surface area contributed by atoms with Crippen LogP contribution in [-0.4, -0.2) is 31.3 Å². The number of hydrogen-bond donors (Lipinski definition) is 2. The number of fused-ring (bicyclic) bond motifs is 1. The van der Waals surface area contributed by atoms with Crippen molar-refractivity contribution < 1.29 is 37.7 Å². The maximum absolute atomic E-state index is 14.5. The number of methoxy groups -OCH3 is 2. The van der Waals surface area contributed by atoms with Crippen molar-refractivity contribution in [1.82, 2.24) is 0 Å². The van der Waals surface area contributed by atoms with Gasteiger partial charge in [0.05, 0.1) is 23.8 Å². The van der Waals surface area contributed by atoms with Gasteiger partial charge in [0, 0.05) is 16.5 Å². The summed E-state index contributed by atoms with van der Waals surface area (Å²) in [5.74, 6) is -2.72. The third-order valence-electron chi connectivity index (χ3n) is 4.27. The number of thiophene rings is 1. The first-order valence-electron chi connectivity index (χ1n) is 8.68. The molecule has 162 valence electrons. The third kappa shape index (κ3) is 4.80. The van der Waals surface area contributed by atoms with Gasteiger partial charge in [0.2, 0.25) is 0 Å². The molecule has 6 nitrogen and oxygen atoms in total. The third-order valence-corrected chi connectivity index (χ3v) is 5.70. The molecule has 0 unspecified atom stereocenters. The van der Waals surface area contributed by atoms with Gasteiger partial charge in [-0.05, 0) is 36.4 Å². The number of benzene rings is 2. The fourth-order valence-electron chi connectivity index (χ4n) is 2.80. The van der Waals surface area contributed by atoms with Gasteiger partial charge in [0.1, 0.15) is 34.6 Å². The minimum atomic E-state index is -1.19. The molecule has 0 amide bonds. The largest absolute Gasteiger partial charge is 0.497 e. The summed E-state index contributed by atoms with van der Waals surface area (Å²) in [6.07, 6.45) is 1.18. The Morgan fingerprint density at radius 1 is 1.13 bits per heavy atom. The van der Waals surface area contributed by atoms with E-state index < -0.39 is 23.6 Å². The van der Waals surface area contributed by atoms with Crippen molar-refractivity contribution in [3.05, 3.63) is 62.9 Å². The normalized spacial score (nSPS) is 11.5. The maximum atomic E-state index is 14.5. The van der Waals surface area contributed by atoms with E-state index >= 15 is 0 Å². The summed E-state index contributed by atoms with van der Waals surface area (Å²) < 4.78 is 44.2. The summed E-state index contributed by atoms with van der Waals surface area (Å²) in [5, 5.41) is 9.24. The van der Waals surface area contributed by atoms with E-state index in [2.05, 4.69) is 12.6 Å². The van der Waals surface area contributed by atoms with Crippen LogP contribution in [0.2, 0.25) is 0 Å². The smallest absolute Gasteiger partial charge is 0.345 e. The number of ether oxygens (including phenoxy) is 3. The minimum Gasteiger partial charge on any atom is -0.497 e. The highest BCUT2D eigenvalue weighted by Crippen LogP contribution is 2.38. The topological polar surface area (TPSA) is 82.1 Å². The van der Waals surface area contributed by atoms with Gasteiger partial charge in [-0.2, -0.15) is 0 Å². The molecule has 0 radical (unpaired) electrons. The minimum absolute atomic E-state index is 0.0535. The highest BCUT2D eigenvalue weighted by atomic mass is 32.1. The average Bonchev–Trinajstić information content (AvgIpc) is 3.20. The van der Waals surface area contributed by atoms with Crippen molar-refractivity contribution in [2.75, 3.05) is 14.2 Å². The lowest BCUT2D eigenvalue weighted by atomic mass is 10.1. The summed E-state index contributed by atoms with van der Waals surface area (Å²) >= 11 is 4.91. The molecule has 0 saturated heterocycles. The Hall–Kier alpha value is -3.11. The molecule has 0 fully saturated rings. The van der Waals surface area contributed by atoms with Crippen LogP contribution in [0, 0.1) is 11.6 Å². The molecule has 0 aliphatic heterocycles. The van der Waals surface area contributed by atoms with Gasteiger partial charge in [-0.3, -0.25) is 0 Å². The van der Waals surface area contributed by atoms with Crippen molar-refractivity contribution in [3.8, 4) is 11.5 Å². The molecule has 1 N–H and O–H groups in total. The first-order valence-corrected chi connectivity index (χ1v) is 9.95. The van der Waals surface area contributed by atoms with Crippen LogP contribution >= 0.6 is 24.0 Å². The van der Waals surface area contributed by atoms with E-state index in [1.165, 1.54) is 44.6 Å². The van der Waals surface area contributed by atoms with Crippen molar-refractivity contribution in [3.63, 3.8) is 0 Å². The van der Waals surface area contributed by atoms with Crippen LogP contribution in [0.25, 0.3) is 16.2 Å². The molecule has 3 aromatic rings. The summed E-state index contributed by atoms with van der Waals surface area (Å²) in [7, 11) is 2.76. The Morgan fingerprint density at radius 3 is 2.52 bits per heavy atom. The highest BCUT2D eigenvalue weighted by Gasteiger charge is 2.20. The second kappa shape index (κ2) is 9.36. The lowest BCUT2D eigenvalue weighted by molar-refractivity contribution is -0.139. The van der Waals surface area contributed by atoms with Crippen molar-refractivity contribution >= 4 is 52.1 Å². The molecule has 0 bridgehead atoms. The maximum Gasteiger partial charge on any atom is 0.345 e. The van der Waals surface area contributed by atoms with E-state index in [0.29, 0.717) is 5.75 Å². The molecule has 10 heteroatoms. The summed E-state index contributed by atoms with van der Waals surface area (Å²) in [6.45, 7) is -0.367. The molecule has 3 rings (SSSR count). The lowest BCUT2D eigenvalue weighted by Crippen LogP contribution is -2.06. The van der Waals surface area contributed by atoms with Crippen LogP contribution in [0.4, 0.5) is 8.78 Å². The lowest BCUT2D eigenvalue weighted by Gasteiger charge is -2.11. The predicted octanol–water partition coefficient (Wildman–Crippen LogP) is 4.91. The van der Waals surface area contributed by atoms with E-state index in [9.17, 15) is 18.4 Å². The number of thiol groups is 1. The van der Waals surface area contributed by atoms with Gasteiger partial charge >= 0.3 is 11.9 Å². The molecule has 0 saturated carbocycles. The van der Waals surface area contributed by atoms with Crippen LogP contribution < -0.4 is 9.47 Å². The summed E-state index contributed by atoms with van der Waals surface area (Å²) in [5.41, 5.74) is 0.277. The number of carboxylic acids is 1. The van der Waals surface area contributed by atoms with Gasteiger partial charge in [0.15, 0.2) is 0 Å². The Labute approximate surface area is 185 Å². The van der Waals surface area contributed by atoms with E-state index in [4.69, 9.17) is 19.3 Å². The fraction of sp³-hybridized carbons (Fsp3) is 0.143. The molecular formula is C21H16F2O6S2. The Balaban J connectivity index is 1.85. The fourth-order valence-corrected chi connectivity index (χ4v) is 4.06. The van der Waals surface area contributed by atoms with Crippen LogP contribution in [0.15, 0.2) is 35.2 Å². The van der Waals surface area contributed by atoms with Gasteiger partial charge < -0.3 is 19.3 Å². The quantitative estimate of drug-likeness (QED) is 0.293. The number of esters is 1. The zero-order valence-corrected chi connectivity index (χ0v) is 18.0. The molecule has 0 spiro atoms. The Kier molecular flexibility index (Phi) is 6.81. The standard InChI is InChI=1S/C21H16F2O6S2/c1-27-12-3-4-14(22)10(5-12)7-16(30)21(26)29-9-11-6-15(23)13-8-17(20(24)25)31-19(13)18(11)28-2/h3-8,30H,9H2,1-2H3,(H,24,25)/b16-7-. The first-order chi connectivity index (χ1) is 14.7. The predicted molar refractivity (Wildman–Crippen MR) is 115 cm³/mol. The van der Waals surface area contributed by atoms with Gasteiger partial charge in [-0.1, -0.05) is 0 Å². The zero-order valence-electron chi connectivity index (χ0n) is 16.3. The van der Waals surface area contributed by atoms with E-state index in [-0.39, 0.29) is 43.4 Å². The van der Waals surface area contributed by atoms with Crippen LogP contribution in [0.3, 0.4) is 0 Å². The van der Waals surface area contributed by atoms with Gasteiger partial charge in [-0.15, -0.1) is 24.0 Å². The van der Waals surface area contributed by atoms with E-state index in [0.717, 1.165) is 17.4 Å². The molecule has 0 aliphatic carbocycles. The van der Waals surface area contributed by atoms with E-state index in [1.54, 1.807) is 0 Å². The average molecular weight is 466 g/mol. The summed E-state index contributed by atoms with van der Waals surface area (Å²) in [6, 6.07) is 6.33. The monoisotopic (exact) mass is 466 g/mol. The van der Waals surface area contributed by atoms with Crippen LogP contribution in [0.1, 0.15) is 20.8 Å². The summed E-state index contributed by atoms with van der Waals surface area (Å²) in [4.78, 5) is 23.3. The highest BCUT2D eigenvalue weighted by molar-refractivity contribution is 7.85. The van der Waals surface area contributed by atoms with Crippen molar-refractivity contribution in [2.24, 2.45) is 0 Å². The molecular weight excluding hydrogens is 450 g/mol. The molecule has 1 aromatic heterocycles. The molecule has 0 atom stereocenters. The number of rotatable bonds is 7.